The van der Waals surface area contributed by atoms with Gasteiger partial charge in [-0.3, -0.25) is 0 Å². The first-order valence-corrected chi connectivity index (χ1v) is 8.48. The van der Waals surface area contributed by atoms with Gasteiger partial charge in [0, 0.05) is 18.2 Å². The second kappa shape index (κ2) is 7.62. The molecule has 134 valence electrons. The maximum Gasteiger partial charge on any atom is 0.142 e. The third-order valence-electron chi connectivity index (χ3n) is 3.92. The Morgan fingerprint density at radius 2 is 1.92 bits per heavy atom. The van der Waals surface area contributed by atoms with E-state index in [9.17, 15) is 9.50 Å². The van der Waals surface area contributed by atoms with Gasteiger partial charge in [0.1, 0.15) is 23.1 Å². The van der Waals surface area contributed by atoms with Gasteiger partial charge in [0.25, 0.3) is 0 Å². The highest BCUT2D eigenvalue weighted by Gasteiger charge is 2.12. The van der Waals surface area contributed by atoms with E-state index in [2.05, 4.69) is 10.3 Å². The van der Waals surface area contributed by atoms with Gasteiger partial charge in [0.05, 0.1) is 17.8 Å². The molecule has 1 heterocycles. The number of halogens is 2. The van der Waals surface area contributed by atoms with Crippen molar-refractivity contribution >= 4 is 17.4 Å². The van der Waals surface area contributed by atoms with Crippen LogP contribution in [0.25, 0.3) is 22.4 Å². The van der Waals surface area contributed by atoms with E-state index in [1.54, 1.807) is 24.3 Å². The number of nitrogens with zero attached hydrogens (tertiary/aromatic N) is 1. The van der Waals surface area contributed by atoms with Crippen molar-refractivity contribution in [1.29, 1.82) is 0 Å². The van der Waals surface area contributed by atoms with E-state index in [-0.39, 0.29) is 10.8 Å². The molecule has 6 heteroatoms. The minimum absolute atomic E-state index is 0.0544. The fraction of sp³-hybridized carbons (Fsp3) is 0.150. The Kier molecular flexibility index (Phi) is 5.28. The van der Waals surface area contributed by atoms with Crippen molar-refractivity contribution in [2.75, 3.05) is 19.0 Å². The fourth-order valence-corrected chi connectivity index (χ4v) is 2.76. The second-order valence-corrected chi connectivity index (χ2v) is 6.08. The average Bonchev–Trinajstić information content (AvgIpc) is 2.63. The lowest BCUT2D eigenvalue weighted by atomic mass is 10.0. The molecule has 0 saturated heterocycles. The summed E-state index contributed by atoms with van der Waals surface area (Å²) in [5, 5.41) is 13.6. The van der Waals surface area contributed by atoms with Crippen molar-refractivity contribution in [1.82, 2.24) is 4.98 Å². The lowest BCUT2D eigenvalue weighted by Gasteiger charge is -2.12. The van der Waals surface area contributed by atoms with Gasteiger partial charge in [-0.1, -0.05) is 17.7 Å². The molecule has 2 N–H and O–H groups in total. The van der Waals surface area contributed by atoms with Gasteiger partial charge >= 0.3 is 0 Å². The topological polar surface area (TPSA) is 54.4 Å². The molecule has 0 radical (unpaired) electrons. The molecular weight excluding hydrogens is 355 g/mol. The van der Waals surface area contributed by atoms with E-state index in [1.165, 1.54) is 25.3 Å². The van der Waals surface area contributed by atoms with E-state index in [4.69, 9.17) is 16.3 Å². The zero-order valence-corrected chi connectivity index (χ0v) is 15.1. The molecule has 26 heavy (non-hydrogen) atoms. The Labute approximate surface area is 156 Å². The molecule has 0 saturated carbocycles. The second-order valence-electron chi connectivity index (χ2n) is 5.67. The summed E-state index contributed by atoms with van der Waals surface area (Å²) in [6.45, 7) is 2.64. The maximum absolute atomic E-state index is 13.9. The number of hydrogen-bond acceptors (Lipinski definition) is 4. The molecule has 0 amide bonds. The van der Waals surface area contributed by atoms with E-state index in [0.29, 0.717) is 34.9 Å². The predicted octanol–water partition coefficient (Wildman–Crippen LogP) is 5.35. The predicted molar refractivity (Wildman–Crippen MR) is 102 cm³/mol. The molecule has 0 atom stereocenters. The highest BCUT2D eigenvalue weighted by molar-refractivity contribution is 6.30. The Morgan fingerprint density at radius 3 is 2.58 bits per heavy atom. The molecule has 3 aromatic rings. The summed E-state index contributed by atoms with van der Waals surface area (Å²) in [5.41, 5.74) is 2.55. The van der Waals surface area contributed by atoms with E-state index in [0.717, 1.165) is 5.56 Å². The molecular formula is C20H18ClFN2O2. The van der Waals surface area contributed by atoms with Gasteiger partial charge in [-0.05, 0) is 54.4 Å². The monoisotopic (exact) mass is 372 g/mol. The van der Waals surface area contributed by atoms with Gasteiger partial charge in [0.15, 0.2) is 0 Å². The number of methoxy groups -OCH3 is 1. The molecule has 2 aromatic carbocycles. The van der Waals surface area contributed by atoms with Gasteiger partial charge in [-0.15, -0.1) is 0 Å². The number of ether oxygens (including phenoxy) is 1. The Hall–Kier alpha value is -2.79. The van der Waals surface area contributed by atoms with Gasteiger partial charge < -0.3 is 15.2 Å². The van der Waals surface area contributed by atoms with Gasteiger partial charge in [-0.2, -0.15) is 0 Å². The zero-order valence-electron chi connectivity index (χ0n) is 14.4. The standard InChI is InChI=1S/C20H18ClFN2O2/c1-3-23-20-10-13(12-4-7-16(21)17(22)8-12)9-18(24-20)15-6-5-14(26-2)11-19(15)25/h4-11,25H,3H2,1-2H3,(H,23,24). The first-order valence-electron chi connectivity index (χ1n) is 8.10. The van der Waals surface area contributed by atoms with Crippen LogP contribution in [0.5, 0.6) is 11.5 Å². The summed E-state index contributed by atoms with van der Waals surface area (Å²) in [4.78, 5) is 4.54. The van der Waals surface area contributed by atoms with Crippen LogP contribution in [0.1, 0.15) is 6.92 Å². The Morgan fingerprint density at radius 1 is 1.12 bits per heavy atom. The van der Waals surface area contributed by atoms with Crippen LogP contribution in [0.3, 0.4) is 0 Å². The lowest BCUT2D eigenvalue weighted by molar-refractivity contribution is 0.408. The van der Waals surface area contributed by atoms with Crippen molar-refractivity contribution in [3.8, 4) is 33.9 Å². The average molecular weight is 373 g/mol. The number of hydrogen-bond donors (Lipinski definition) is 2. The SMILES string of the molecule is CCNc1cc(-c2ccc(Cl)c(F)c2)cc(-c2ccc(OC)cc2O)n1. The summed E-state index contributed by atoms with van der Waals surface area (Å²) in [5.74, 6) is 0.748. The molecule has 3 rings (SSSR count). The molecule has 0 unspecified atom stereocenters. The van der Waals surface area contributed by atoms with Crippen LogP contribution in [-0.4, -0.2) is 23.7 Å². The van der Waals surface area contributed by atoms with Crippen molar-refractivity contribution < 1.29 is 14.2 Å². The van der Waals surface area contributed by atoms with Crippen molar-refractivity contribution in [2.45, 2.75) is 6.92 Å². The number of nitrogens with one attached hydrogen (secondary N) is 1. The minimum atomic E-state index is -0.486. The molecule has 0 aliphatic carbocycles. The van der Waals surface area contributed by atoms with Crippen LogP contribution in [-0.2, 0) is 0 Å². The first kappa shape index (κ1) is 18.0. The number of phenols is 1. The summed E-state index contributed by atoms with van der Waals surface area (Å²) >= 11 is 5.78. The third-order valence-corrected chi connectivity index (χ3v) is 4.22. The molecule has 0 aliphatic heterocycles. The van der Waals surface area contributed by atoms with Crippen molar-refractivity contribution in [2.24, 2.45) is 0 Å². The Balaban J connectivity index is 2.13. The number of phenolic OH excluding ortho intramolecular Hbond substituents is 1. The lowest BCUT2D eigenvalue weighted by Crippen LogP contribution is -2.01. The summed E-state index contributed by atoms with van der Waals surface area (Å²) in [6, 6.07) is 13.3. The number of rotatable bonds is 5. The summed E-state index contributed by atoms with van der Waals surface area (Å²) in [6.07, 6.45) is 0. The molecule has 1 aromatic heterocycles. The summed E-state index contributed by atoms with van der Waals surface area (Å²) in [7, 11) is 1.53. The third kappa shape index (κ3) is 3.73. The number of pyridine rings is 1. The highest BCUT2D eigenvalue weighted by atomic mass is 35.5. The van der Waals surface area contributed by atoms with Crippen molar-refractivity contribution in [3.63, 3.8) is 0 Å². The van der Waals surface area contributed by atoms with Crippen LogP contribution in [0.4, 0.5) is 10.2 Å². The summed E-state index contributed by atoms with van der Waals surface area (Å²) < 4.78 is 19.0. The number of aromatic hydroxyl groups is 1. The first-order chi connectivity index (χ1) is 12.5. The van der Waals surface area contributed by atoms with E-state index < -0.39 is 5.82 Å². The molecule has 0 fully saturated rings. The number of aromatic nitrogens is 1. The molecule has 4 nitrogen and oxygen atoms in total. The number of anilines is 1. The zero-order chi connectivity index (χ0) is 18.7. The van der Waals surface area contributed by atoms with Crippen molar-refractivity contribution in [3.05, 3.63) is 59.4 Å². The highest BCUT2D eigenvalue weighted by Crippen LogP contribution is 2.35. The van der Waals surface area contributed by atoms with Crippen LogP contribution in [0, 0.1) is 5.82 Å². The van der Waals surface area contributed by atoms with E-state index >= 15 is 0 Å². The van der Waals surface area contributed by atoms with Crippen LogP contribution in [0.15, 0.2) is 48.5 Å². The molecule has 0 spiro atoms. The minimum Gasteiger partial charge on any atom is -0.507 e. The van der Waals surface area contributed by atoms with Crippen LogP contribution in [0.2, 0.25) is 5.02 Å². The maximum atomic E-state index is 13.9. The smallest absolute Gasteiger partial charge is 0.142 e. The van der Waals surface area contributed by atoms with Crippen LogP contribution < -0.4 is 10.1 Å². The normalized spacial score (nSPS) is 10.6. The number of benzene rings is 2. The van der Waals surface area contributed by atoms with E-state index in [1.807, 2.05) is 13.0 Å². The van der Waals surface area contributed by atoms with Gasteiger partial charge in [0.2, 0.25) is 0 Å². The van der Waals surface area contributed by atoms with Gasteiger partial charge in [-0.25, -0.2) is 9.37 Å². The fourth-order valence-electron chi connectivity index (χ4n) is 2.64. The largest absolute Gasteiger partial charge is 0.507 e. The molecule has 0 bridgehead atoms. The Bertz CT molecular complexity index is 947. The molecule has 0 aliphatic rings. The quantitative estimate of drug-likeness (QED) is 0.633. The van der Waals surface area contributed by atoms with Crippen LogP contribution >= 0.6 is 11.6 Å².